The first-order chi connectivity index (χ1) is 16.5. The molecule has 176 valence electrons. The third-order valence-electron chi connectivity index (χ3n) is 5.76. The number of hydrogen-bond donors (Lipinski definition) is 2. The van der Waals surface area contributed by atoms with Gasteiger partial charge in [0.05, 0.1) is 23.5 Å². The number of nitro benzene ring substituents is 1. The second kappa shape index (κ2) is 10.3. The molecule has 0 spiro atoms. The topological polar surface area (TPSA) is 111 Å². The Labute approximate surface area is 202 Å². The van der Waals surface area contributed by atoms with E-state index in [0.717, 1.165) is 48.4 Å². The molecular weight excluding hydrogens is 454 g/mol. The van der Waals surface area contributed by atoms with Crippen molar-refractivity contribution >= 4 is 40.3 Å². The molecule has 0 unspecified atom stereocenters. The minimum absolute atomic E-state index is 0.0587. The van der Waals surface area contributed by atoms with E-state index in [-0.39, 0.29) is 18.1 Å². The van der Waals surface area contributed by atoms with Crippen molar-refractivity contribution in [2.45, 2.75) is 6.54 Å². The quantitative estimate of drug-likeness (QED) is 0.316. The molecule has 1 aromatic heterocycles. The lowest BCUT2D eigenvalue weighted by molar-refractivity contribution is -0.384. The number of rotatable bonds is 6. The number of non-ortho nitro benzene ring substituents is 1. The summed E-state index contributed by atoms with van der Waals surface area (Å²) in [5.74, 6) is -0.258. The smallest absolute Gasteiger partial charge is 0.269 e. The third kappa shape index (κ3) is 5.15. The van der Waals surface area contributed by atoms with Gasteiger partial charge in [0.15, 0.2) is 5.11 Å². The van der Waals surface area contributed by atoms with E-state index in [1.54, 1.807) is 17.4 Å². The molecule has 1 saturated heterocycles. The maximum absolute atomic E-state index is 13.4. The standard InChI is InChI=1S/C23H25N7O3S/c1-24-23(34)28-12-10-27(11-13-28)19-6-8-20(9-7-19)29(15-18-14-25-16-26-18)22(31)17-2-4-21(5-3-17)30(32)33/h2-9,14,16H,10-13,15H2,1H3,(H,24,34)(H,25,26). The number of nitro groups is 1. The second-order valence-electron chi connectivity index (χ2n) is 7.82. The molecule has 1 aliphatic rings. The molecule has 2 heterocycles. The first-order valence-corrected chi connectivity index (χ1v) is 11.2. The molecule has 1 aliphatic heterocycles. The predicted octanol–water partition coefficient (Wildman–Crippen LogP) is 2.79. The number of nitrogens with one attached hydrogen (secondary N) is 2. The zero-order valence-electron chi connectivity index (χ0n) is 18.7. The monoisotopic (exact) mass is 479 g/mol. The molecule has 0 radical (unpaired) electrons. The highest BCUT2D eigenvalue weighted by Crippen LogP contribution is 2.25. The number of aromatic nitrogens is 2. The highest BCUT2D eigenvalue weighted by Gasteiger charge is 2.22. The van der Waals surface area contributed by atoms with Gasteiger partial charge in [0, 0.05) is 68.5 Å². The van der Waals surface area contributed by atoms with Crippen LogP contribution in [0.25, 0.3) is 0 Å². The van der Waals surface area contributed by atoms with Crippen molar-refractivity contribution in [1.29, 1.82) is 0 Å². The van der Waals surface area contributed by atoms with E-state index in [1.807, 2.05) is 31.3 Å². The fourth-order valence-electron chi connectivity index (χ4n) is 3.87. The van der Waals surface area contributed by atoms with E-state index in [9.17, 15) is 14.9 Å². The van der Waals surface area contributed by atoms with Crippen molar-refractivity contribution in [3.8, 4) is 0 Å². The van der Waals surface area contributed by atoms with Crippen LogP contribution in [-0.4, -0.2) is 64.0 Å². The van der Waals surface area contributed by atoms with Crippen LogP contribution in [0.3, 0.4) is 0 Å². The van der Waals surface area contributed by atoms with Gasteiger partial charge < -0.3 is 25.0 Å². The number of aromatic amines is 1. The van der Waals surface area contributed by atoms with Gasteiger partial charge in [-0.1, -0.05) is 0 Å². The molecule has 34 heavy (non-hydrogen) atoms. The molecule has 11 heteroatoms. The SMILES string of the molecule is CNC(=S)N1CCN(c2ccc(N(Cc3cnc[nH]3)C(=O)c3ccc([N+](=O)[O-])cc3)cc2)CC1. The molecule has 1 amide bonds. The number of imidazole rings is 1. The molecule has 10 nitrogen and oxygen atoms in total. The minimum Gasteiger partial charge on any atom is -0.368 e. The number of nitrogens with zero attached hydrogens (tertiary/aromatic N) is 5. The molecule has 0 bridgehead atoms. The number of hydrogen-bond acceptors (Lipinski definition) is 6. The van der Waals surface area contributed by atoms with Gasteiger partial charge >= 0.3 is 0 Å². The van der Waals surface area contributed by atoms with Gasteiger partial charge in [0.2, 0.25) is 0 Å². The Hall–Kier alpha value is -3.99. The van der Waals surface area contributed by atoms with Crippen LogP contribution in [0.4, 0.5) is 17.1 Å². The van der Waals surface area contributed by atoms with E-state index < -0.39 is 4.92 Å². The van der Waals surface area contributed by atoms with Crippen molar-refractivity contribution in [2.75, 3.05) is 43.0 Å². The summed E-state index contributed by atoms with van der Waals surface area (Å²) >= 11 is 5.33. The van der Waals surface area contributed by atoms with Crippen molar-refractivity contribution in [1.82, 2.24) is 20.2 Å². The Balaban J connectivity index is 1.53. The molecule has 2 N–H and O–H groups in total. The molecule has 0 saturated carbocycles. The number of thiocarbonyl (C=S) groups is 1. The van der Waals surface area contributed by atoms with Crippen LogP contribution < -0.4 is 15.1 Å². The van der Waals surface area contributed by atoms with Crippen LogP contribution in [0.15, 0.2) is 61.1 Å². The van der Waals surface area contributed by atoms with Gasteiger partial charge in [0.1, 0.15) is 0 Å². The maximum Gasteiger partial charge on any atom is 0.269 e. The Bertz CT molecular complexity index is 1140. The molecule has 1 fully saturated rings. The van der Waals surface area contributed by atoms with Crippen molar-refractivity contribution in [2.24, 2.45) is 0 Å². The molecule has 0 aliphatic carbocycles. The van der Waals surface area contributed by atoms with Crippen LogP contribution in [0, 0.1) is 10.1 Å². The number of H-pyrrole nitrogens is 1. The average Bonchev–Trinajstić information content (AvgIpc) is 3.40. The van der Waals surface area contributed by atoms with Gasteiger partial charge in [-0.3, -0.25) is 14.9 Å². The largest absolute Gasteiger partial charge is 0.368 e. The Kier molecular flexibility index (Phi) is 7.02. The summed E-state index contributed by atoms with van der Waals surface area (Å²) in [4.78, 5) is 37.0. The Morgan fingerprint density at radius 1 is 1.15 bits per heavy atom. The lowest BCUT2D eigenvalue weighted by Crippen LogP contribution is -2.51. The second-order valence-corrected chi connectivity index (χ2v) is 8.20. The molecule has 3 aromatic rings. The number of amides is 1. The highest BCUT2D eigenvalue weighted by molar-refractivity contribution is 7.80. The normalized spacial score (nSPS) is 13.4. The lowest BCUT2D eigenvalue weighted by Gasteiger charge is -2.37. The number of anilines is 2. The summed E-state index contributed by atoms with van der Waals surface area (Å²) in [5, 5.41) is 14.7. The minimum atomic E-state index is -0.485. The van der Waals surface area contributed by atoms with Crippen LogP contribution in [0.1, 0.15) is 16.1 Å². The van der Waals surface area contributed by atoms with Crippen LogP contribution in [0.5, 0.6) is 0 Å². The highest BCUT2D eigenvalue weighted by atomic mass is 32.1. The van der Waals surface area contributed by atoms with Crippen LogP contribution in [0.2, 0.25) is 0 Å². The molecule has 4 rings (SSSR count). The van der Waals surface area contributed by atoms with E-state index in [0.29, 0.717) is 5.56 Å². The molecule has 2 aromatic carbocycles. The Morgan fingerprint density at radius 2 is 1.82 bits per heavy atom. The fraction of sp³-hybridized carbons (Fsp3) is 0.261. The Morgan fingerprint density at radius 3 is 2.38 bits per heavy atom. The van der Waals surface area contributed by atoms with Gasteiger partial charge in [0.25, 0.3) is 11.6 Å². The summed E-state index contributed by atoms with van der Waals surface area (Å²) < 4.78 is 0. The van der Waals surface area contributed by atoms with Crippen molar-refractivity contribution < 1.29 is 9.72 Å². The average molecular weight is 480 g/mol. The maximum atomic E-state index is 13.4. The molecule has 0 atom stereocenters. The van der Waals surface area contributed by atoms with E-state index in [4.69, 9.17) is 12.2 Å². The first kappa shape index (κ1) is 23.2. The van der Waals surface area contributed by atoms with Gasteiger partial charge in [-0.15, -0.1) is 0 Å². The van der Waals surface area contributed by atoms with E-state index in [1.165, 1.54) is 24.3 Å². The number of benzene rings is 2. The van der Waals surface area contributed by atoms with Crippen molar-refractivity contribution in [3.63, 3.8) is 0 Å². The van der Waals surface area contributed by atoms with Crippen molar-refractivity contribution in [3.05, 3.63) is 82.4 Å². The summed E-state index contributed by atoms with van der Waals surface area (Å²) in [6.07, 6.45) is 3.23. The number of carbonyl (C=O) groups excluding carboxylic acids is 1. The predicted molar refractivity (Wildman–Crippen MR) is 134 cm³/mol. The lowest BCUT2D eigenvalue weighted by atomic mass is 10.1. The van der Waals surface area contributed by atoms with Gasteiger partial charge in [-0.25, -0.2) is 4.98 Å². The summed E-state index contributed by atoms with van der Waals surface area (Å²) in [6, 6.07) is 13.5. The summed E-state index contributed by atoms with van der Waals surface area (Å²) in [7, 11) is 1.83. The zero-order chi connectivity index (χ0) is 24.1. The first-order valence-electron chi connectivity index (χ1n) is 10.8. The van der Waals surface area contributed by atoms with Gasteiger partial charge in [-0.2, -0.15) is 0 Å². The van der Waals surface area contributed by atoms with E-state index in [2.05, 4.69) is 25.1 Å². The number of carbonyl (C=O) groups is 1. The third-order valence-corrected chi connectivity index (χ3v) is 6.22. The van der Waals surface area contributed by atoms with E-state index >= 15 is 0 Å². The summed E-state index contributed by atoms with van der Waals surface area (Å²) in [6.45, 7) is 3.66. The number of piperazine rings is 1. The van der Waals surface area contributed by atoms with Crippen LogP contribution in [-0.2, 0) is 6.54 Å². The fourth-order valence-corrected chi connectivity index (χ4v) is 4.06. The molecular formula is C23H25N7O3S. The summed E-state index contributed by atoms with van der Waals surface area (Å²) in [5.41, 5.74) is 2.87. The van der Waals surface area contributed by atoms with Gasteiger partial charge in [-0.05, 0) is 48.6 Å². The van der Waals surface area contributed by atoms with Crippen LogP contribution >= 0.6 is 12.2 Å². The zero-order valence-corrected chi connectivity index (χ0v) is 19.5.